The largest absolute Gasteiger partial charge is 0.356 e. The fraction of sp³-hybridized carbons (Fsp3) is 0.211. The van der Waals surface area contributed by atoms with Gasteiger partial charge in [-0.3, -0.25) is 4.79 Å². The van der Waals surface area contributed by atoms with Gasteiger partial charge in [0.15, 0.2) is 4.34 Å². The van der Waals surface area contributed by atoms with Crippen LogP contribution in [0.4, 0.5) is 10.8 Å². The van der Waals surface area contributed by atoms with Crippen LogP contribution in [0.2, 0.25) is 0 Å². The van der Waals surface area contributed by atoms with Gasteiger partial charge in [-0.15, -0.1) is 10.2 Å². The molecule has 0 saturated heterocycles. The Morgan fingerprint density at radius 3 is 2.46 bits per heavy atom. The Bertz CT molecular complexity index is 824. The Labute approximate surface area is 161 Å². The number of anilines is 2. The molecule has 0 saturated carbocycles. The highest BCUT2D eigenvalue weighted by Gasteiger charge is 2.15. The van der Waals surface area contributed by atoms with E-state index < -0.39 is 0 Å². The first kappa shape index (κ1) is 18.4. The van der Waals surface area contributed by atoms with Gasteiger partial charge in [0.1, 0.15) is 0 Å². The summed E-state index contributed by atoms with van der Waals surface area (Å²) in [5, 5.41) is 12.3. The second kappa shape index (κ2) is 9.35. The number of benzene rings is 2. The van der Waals surface area contributed by atoms with E-state index >= 15 is 0 Å². The van der Waals surface area contributed by atoms with Crippen LogP contribution in [0.25, 0.3) is 0 Å². The van der Waals surface area contributed by atoms with E-state index in [0.29, 0.717) is 18.8 Å². The van der Waals surface area contributed by atoms with Gasteiger partial charge in [0.25, 0.3) is 0 Å². The van der Waals surface area contributed by atoms with Crippen LogP contribution in [0, 0.1) is 0 Å². The molecule has 7 heteroatoms. The average Bonchev–Trinajstić information content (AvgIpc) is 3.15. The van der Waals surface area contributed by atoms with Crippen molar-refractivity contribution >= 4 is 39.8 Å². The van der Waals surface area contributed by atoms with Crippen molar-refractivity contribution in [1.29, 1.82) is 0 Å². The first-order valence-electron chi connectivity index (χ1n) is 8.35. The lowest BCUT2D eigenvalue weighted by Crippen LogP contribution is -2.32. The van der Waals surface area contributed by atoms with Crippen molar-refractivity contribution in [2.45, 2.75) is 17.8 Å². The van der Waals surface area contributed by atoms with Crippen LogP contribution in [-0.4, -0.2) is 28.4 Å². The van der Waals surface area contributed by atoms with Gasteiger partial charge in [-0.25, -0.2) is 0 Å². The molecule has 26 heavy (non-hydrogen) atoms. The molecule has 0 aliphatic rings. The number of carbonyl (C=O) groups is 1. The fourth-order valence-corrected chi connectivity index (χ4v) is 4.05. The first-order chi connectivity index (χ1) is 12.8. The minimum atomic E-state index is 0.0673. The lowest BCUT2D eigenvalue weighted by atomic mass is 10.2. The molecule has 0 spiro atoms. The van der Waals surface area contributed by atoms with Gasteiger partial charge in [-0.1, -0.05) is 71.6 Å². The number of thioether (sulfide) groups is 1. The normalized spacial score (nSPS) is 10.5. The van der Waals surface area contributed by atoms with Gasteiger partial charge in [-0.05, 0) is 24.6 Å². The average molecular weight is 385 g/mol. The highest BCUT2D eigenvalue weighted by Crippen LogP contribution is 2.26. The molecule has 5 nitrogen and oxygen atoms in total. The molecule has 3 rings (SSSR count). The molecular formula is C19H20N4OS2. The summed E-state index contributed by atoms with van der Waals surface area (Å²) >= 11 is 2.89. The monoisotopic (exact) mass is 384 g/mol. The lowest BCUT2D eigenvalue weighted by Gasteiger charge is -2.20. The summed E-state index contributed by atoms with van der Waals surface area (Å²) in [5.41, 5.74) is 2.11. The van der Waals surface area contributed by atoms with Gasteiger partial charge >= 0.3 is 0 Å². The maximum Gasteiger partial charge on any atom is 0.237 e. The summed E-state index contributed by atoms with van der Waals surface area (Å²) in [6.07, 6.45) is 0. The van der Waals surface area contributed by atoms with Crippen molar-refractivity contribution in [1.82, 2.24) is 10.2 Å². The predicted octanol–water partition coefficient (Wildman–Crippen LogP) is 4.30. The van der Waals surface area contributed by atoms with Gasteiger partial charge in [0, 0.05) is 18.8 Å². The van der Waals surface area contributed by atoms with E-state index in [9.17, 15) is 4.79 Å². The van der Waals surface area contributed by atoms with E-state index in [1.165, 1.54) is 28.7 Å². The second-order valence-corrected chi connectivity index (χ2v) is 7.67. The maximum absolute atomic E-state index is 12.5. The van der Waals surface area contributed by atoms with Crippen LogP contribution < -0.4 is 10.2 Å². The molecule has 134 valence electrons. The summed E-state index contributed by atoms with van der Waals surface area (Å²) in [6.45, 7) is 3.33. The number of aromatic nitrogens is 2. The minimum absolute atomic E-state index is 0.0673. The molecule has 0 radical (unpaired) electrons. The summed E-state index contributed by atoms with van der Waals surface area (Å²) < 4.78 is 0.790. The summed E-state index contributed by atoms with van der Waals surface area (Å²) in [7, 11) is 0. The molecule has 1 N–H and O–H groups in total. The third-order valence-electron chi connectivity index (χ3n) is 3.70. The van der Waals surface area contributed by atoms with Gasteiger partial charge in [0.05, 0.1) is 5.75 Å². The van der Waals surface area contributed by atoms with Crippen LogP contribution in [0.15, 0.2) is 65.0 Å². The van der Waals surface area contributed by atoms with Gasteiger partial charge < -0.3 is 10.2 Å². The number of hydrogen-bond acceptors (Lipinski definition) is 6. The van der Waals surface area contributed by atoms with Crippen molar-refractivity contribution in [2.24, 2.45) is 0 Å². The molecule has 2 aromatic carbocycles. The van der Waals surface area contributed by atoms with Crippen molar-refractivity contribution in [3.8, 4) is 0 Å². The van der Waals surface area contributed by atoms with Crippen LogP contribution in [0.5, 0.6) is 0 Å². The molecule has 0 aliphatic heterocycles. The van der Waals surface area contributed by atoms with Crippen LogP contribution >= 0.6 is 23.1 Å². The van der Waals surface area contributed by atoms with Crippen LogP contribution in [-0.2, 0) is 11.3 Å². The van der Waals surface area contributed by atoms with E-state index in [1.54, 1.807) is 4.90 Å². The standard InChI is InChI=1S/C19H20N4OS2/c1-2-23(16-11-7-4-8-12-16)17(24)14-25-19-22-21-18(26-19)20-13-15-9-5-3-6-10-15/h3-12H,2,13-14H2,1H3,(H,20,21). The molecule has 0 aliphatic carbocycles. The number of nitrogens with one attached hydrogen (secondary N) is 1. The van der Waals surface area contributed by atoms with E-state index in [2.05, 4.69) is 27.6 Å². The zero-order chi connectivity index (χ0) is 18.2. The molecule has 0 atom stereocenters. The molecular weight excluding hydrogens is 364 g/mol. The topological polar surface area (TPSA) is 58.1 Å². The molecule has 1 amide bonds. The SMILES string of the molecule is CCN(C(=O)CSc1nnc(NCc2ccccc2)s1)c1ccccc1. The zero-order valence-electron chi connectivity index (χ0n) is 14.5. The number of amides is 1. The third kappa shape index (κ3) is 5.06. The third-order valence-corrected chi connectivity index (χ3v) is 5.70. The summed E-state index contributed by atoms with van der Waals surface area (Å²) in [4.78, 5) is 14.3. The van der Waals surface area contributed by atoms with Crippen molar-refractivity contribution in [3.05, 3.63) is 66.2 Å². The predicted molar refractivity (Wildman–Crippen MR) is 109 cm³/mol. The Morgan fingerprint density at radius 1 is 1.08 bits per heavy atom. The Kier molecular flexibility index (Phi) is 6.62. The Balaban J connectivity index is 1.51. The van der Waals surface area contributed by atoms with Crippen LogP contribution in [0.1, 0.15) is 12.5 Å². The zero-order valence-corrected chi connectivity index (χ0v) is 16.1. The molecule has 0 bridgehead atoms. The van der Waals surface area contributed by atoms with E-state index in [4.69, 9.17) is 0 Å². The van der Waals surface area contributed by atoms with Crippen LogP contribution in [0.3, 0.4) is 0 Å². The highest BCUT2D eigenvalue weighted by atomic mass is 32.2. The molecule has 1 aromatic heterocycles. The molecule has 0 fully saturated rings. The molecule has 3 aromatic rings. The van der Waals surface area contributed by atoms with Crippen molar-refractivity contribution in [2.75, 3.05) is 22.5 Å². The highest BCUT2D eigenvalue weighted by molar-refractivity contribution is 8.01. The first-order valence-corrected chi connectivity index (χ1v) is 10.2. The fourth-order valence-electron chi connectivity index (χ4n) is 2.43. The maximum atomic E-state index is 12.5. The number of hydrogen-bond donors (Lipinski definition) is 1. The van der Waals surface area contributed by atoms with Crippen molar-refractivity contribution < 1.29 is 4.79 Å². The van der Waals surface area contributed by atoms with E-state index in [0.717, 1.165) is 15.2 Å². The summed E-state index contributed by atoms with van der Waals surface area (Å²) in [5.74, 6) is 0.411. The summed E-state index contributed by atoms with van der Waals surface area (Å²) in [6, 6.07) is 19.9. The smallest absolute Gasteiger partial charge is 0.237 e. The Hall–Kier alpha value is -2.38. The number of rotatable bonds is 8. The number of carbonyl (C=O) groups excluding carboxylic acids is 1. The molecule has 1 heterocycles. The lowest BCUT2D eigenvalue weighted by molar-refractivity contribution is -0.116. The van der Waals surface area contributed by atoms with Gasteiger partial charge in [0.2, 0.25) is 11.0 Å². The van der Waals surface area contributed by atoms with E-state index in [1.807, 2.05) is 55.5 Å². The quantitative estimate of drug-likeness (QED) is 0.587. The molecule has 0 unspecified atom stereocenters. The van der Waals surface area contributed by atoms with E-state index in [-0.39, 0.29) is 5.91 Å². The Morgan fingerprint density at radius 2 is 1.77 bits per heavy atom. The van der Waals surface area contributed by atoms with Gasteiger partial charge in [-0.2, -0.15) is 0 Å². The second-order valence-electron chi connectivity index (χ2n) is 5.47. The number of para-hydroxylation sites is 1. The number of nitrogens with zero attached hydrogens (tertiary/aromatic N) is 3. The van der Waals surface area contributed by atoms with Crippen molar-refractivity contribution in [3.63, 3.8) is 0 Å². The minimum Gasteiger partial charge on any atom is -0.356 e.